The van der Waals surface area contributed by atoms with E-state index in [9.17, 15) is 8.42 Å². The molecule has 0 unspecified atom stereocenters. The smallest absolute Gasteiger partial charge is 0.267 e. The maximum Gasteiger partial charge on any atom is 0.267 e. The highest BCUT2D eigenvalue weighted by Crippen LogP contribution is 2.26. The molecule has 0 atom stereocenters. The van der Waals surface area contributed by atoms with Crippen LogP contribution in [0.1, 0.15) is 5.56 Å². The van der Waals surface area contributed by atoms with Crippen LogP contribution in [-0.4, -0.2) is 30.3 Å². The number of hydrogen-bond donors (Lipinski definition) is 0. The number of nitrogens with zero attached hydrogens (tertiary/aromatic N) is 3. The van der Waals surface area contributed by atoms with Crippen LogP contribution >= 0.6 is 15.9 Å². The molecule has 1 aromatic heterocycles. The van der Waals surface area contributed by atoms with Gasteiger partial charge in [-0.3, -0.25) is 0 Å². The Labute approximate surface area is 148 Å². The molecule has 0 saturated heterocycles. The van der Waals surface area contributed by atoms with Crippen LogP contribution in [0.2, 0.25) is 0 Å². The number of sulfone groups is 1. The molecule has 2 aromatic carbocycles. The standard InChI is InChI=1S/C16H14BrN3O3S/c1-23-15-8-7-13(17)9-12(15)10-24(21,22)16-18-11-20(19-16)14-5-3-2-4-6-14/h2-9,11H,10H2,1H3. The lowest BCUT2D eigenvalue weighted by molar-refractivity contribution is 0.411. The van der Waals surface area contributed by atoms with Gasteiger partial charge in [0.25, 0.3) is 5.16 Å². The Balaban J connectivity index is 1.92. The van der Waals surface area contributed by atoms with Crippen LogP contribution in [0.15, 0.2) is 64.5 Å². The van der Waals surface area contributed by atoms with Crippen molar-refractivity contribution in [1.82, 2.24) is 14.8 Å². The molecule has 0 amide bonds. The van der Waals surface area contributed by atoms with Crippen molar-refractivity contribution in [1.29, 1.82) is 0 Å². The van der Waals surface area contributed by atoms with Crippen LogP contribution in [0, 0.1) is 0 Å². The third kappa shape index (κ3) is 3.49. The Kier molecular flexibility index (Phi) is 4.68. The molecule has 3 rings (SSSR count). The fourth-order valence-electron chi connectivity index (χ4n) is 2.22. The number of ether oxygens (including phenoxy) is 1. The predicted molar refractivity (Wildman–Crippen MR) is 92.9 cm³/mol. The Morgan fingerprint density at radius 2 is 1.92 bits per heavy atom. The molecule has 124 valence electrons. The van der Waals surface area contributed by atoms with E-state index in [4.69, 9.17) is 4.74 Å². The van der Waals surface area contributed by atoms with Gasteiger partial charge in [-0.2, -0.15) is 0 Å². The first-order valence-corrected chi connectivity index (χ1v) is 9.46. The highest BCUT2D eigenvalue weighted by Gasteiger charge is 2.23. The molecule has 0 bridgehead atoms. The number of para-hydroxylation sites is 1. The van der Waals surface area contributed by atoms with Crippen molar-refractivity contribution < 1.29 is 13.2 Å². The summed E-state index contributed by atoms with van der Waals surface area (Å²) in [7, 11) is -2.19. The van der Waals surface area contributed by atoms with Gasteiger partial charge in [-0.15, -0.1) is 5.10 Å². The molecule has 0 saturated carbocycles. The molecule has 8 heteroatoms. The van der Waals surface area contributed by atoms with Crippen molar-refractivity contribution in [3.8, 4) is 11.4 Å². The Morgan fingerprint density at radius 3 is 2.62 bits per heavy atom. The Hall–Kier alpha value is -2.19. The lowest BCUT2D eigenvalue weighted by Crippen LogP contribution is -2.09. The fraction of sp³-hybridized carbons (Fsp3) is 0.125. The van der Waals surface area contributed by atoms with E-state index in [1.807, 2.05) is 30.3 Å². The zero-order chi connectivity index (χ0) is 17.2. The van der Waals surface area contributed by atoms with Gasteiger partial charge in [0.05, 0.1) is 18.6 Å². The molecule has 0 aliphatic heterocycles. The third-order valence-electron chi connectivity index (χ3n) is 3.36. The van der Waals surface area contributed by atoms with Gasteiger partial charge in [0.1, 0.15) is 12.1 Å². The van der Waals surface area contributed by atoms with Crippen molar-refractivity contribution in [3.63, 3.8) is 0 Å². The number of methoxy groups -OCH3 is 1. The van der Waals surface area contributed by atoms with Crippen LogP contribution in [0.5, 0.6) is 5.75 Å². The number of aromatic nitrogens is 3. The fourth-order valence-corrected chi connectivity index (χ4v) is 3.82. The van der Waals surface area contributed by atoms with E-state index in [1.165, 1.54) is 18.1 Å². The van der Waals surface area contributed by atoms with Gasteiger partial charge in [-0.1, -0.05) is 34.1 Å². The maximum atomic E-state index is 12.6. The molecule has 0 aliphatic carbocycles. The van der Waals surface area contributed by atoms with E-state index in [1.54, 1.807) is 18.2 Å². The zero-order valence-corrected chi connectivity index (χ0v) is 15.2. The van der Waals surface area contributed by atoms with Crippen molar-refractivity contribution in [2.45, 2.75) is 10.9 Å². The van der Waals surface area contributed by atoms with E-state index >= 15 is 0 Å². The molecule has 0 spiro atoms. The van der Waals surface area contributed by atoms with Gasteiger partial charge in [0.15, 0.2) is 0 Å². The number of hydrogen-bond acceptors (Lipinski definition) is 5. The van der Waals surface area contributed by atoms with Gasteiger partial charge < -0.3 is 4.74 Å². The van der Waals surface area contributed by atoms with Crippen molar-refractivity contribution in [3.05, 3.63) is 64.9 Å². The molecule has 0 radical (unpaired) electrons. The van der Waals surface area contributed by atoms with Crippen LogP contribution in [0.3, 0.4) is 0 Å². The molecule has 3 aromatic rings. The molecule has 24 heavy (non-hydrogen) atoms. The van der Waals surface area contributed by atoms with Gasteiger partial charge in [0, 0.05) is 10.0 Å². The van der Waals surface area contributed by atoms with Gasteiger partial charge >= 0.3 is 0 Å². The third-order valence-corrected chi connectivity index (χ3v) is 5.29. The lowest BCUT2D eigenvalue weighted by atomic mass is 10.2. The molecule has 0 fully saturated rings. The van der Waals surface area contributed by atoms with E-state index in [0.29, 0.717) is 11.3 Å². The summed E-state index contributed by atoms with van der Waals surface area (Å²) in [6.45, 7) is 0. The minimum atomic E-state index is -3.69. The summed E-state index contributed by atoms with van der Waals surface area (Å²) >= 11 is 3.34. The average Bonchev–Trinajstić information content (AvgIpc) is 3.06. The minimum absolute atomic E-state index is 0.214. The molecule has 0 aliphatic rings. The molecule has 6 nitrogen and oxygen atoms in total. The largest absolute Gasteiger partial charge is 0.496 e. The summed E-state index contributed by atoms with van der Waals surface area (Å²) in [5.74, 6) is 0.262. The van der Waals surface area contributed by atoms with Crippen LogP contribution < -0.4 is 4.74 Å². The summed E-state index contributed by atoms with van der Waals surface area (Å²) in [6, 6.07) is 14.4. The average molecular weight is 408 g/mol. The highest BCUT2D eigenvalue weighted by molar-refractivity contribution is 9.10. The first-order chi connectivity index (χ1) is 11.5. The van der Waals surface area contributed by atoms with E-state index < -0.39 is 9.84 Å². The second kappa shape index (κ2) is 6.74. The minimum Gasteiger partial charge on any atom is -0.496 e. The highest BCUT2D eigenvalue weighted by atomic mass is 79.9. The van der Waals surface area contributed by atoms with Gasteiger partial charge in [-0.05, 0) is 30.3 Å². The second-order valence-electron chi connectivity index (χ2n) is 5.02. The number of halogens is 1. The SMILES string of the molecule is COc1ccc(Br)cc1CS(=O)(=O)c1ncn(-c2ccccc2)n1. The molecular weight excluding hydrogens is 394 g/mol. The van der Waals surface area contributed by atoms with Gasteiger partial charge in [-0.25, -0.2) is 18.1 Å². The Bertz CT molecular complexity index is 956. The molecule has 1 heterocycles. The monoisotopic (exact) mass is 407 g/mol. The lowest BCUT2D eigenvalue weighted by Gasteiger charge is -2.08. The van der Waals surface area contributed by atoms with Crippen LogP contribution in [-0.2, 0) is 15.6 Å². The van der Waals surface area contributed by atoms with E-state index in [-0.39, 0.29) is 10.9 Å². The summed E-state index contributed by atoms with van der Waals surface area (Å²) in [5.41, 5.74) is 1.29. The first-order valence-electron chi connectivity index (χ1n) is 7.02. The van der Waals surface area contributed by atoms with Crippen LogP contribution in [0.25, 0.3) is 5.69 Å². The maximum absolute atomic E-state index is 12.6. The summed E-state index contributed by atoms with van der Waals surface area (Å²) < 4.78 is 32.7. The normalized spacial score (nSPS) is 11.4. The first kappa shape index (κ1) is 16.7. The van der Waals surface area contributed by atoms with Gasteiger partial charge in [0.2, 0.25) is 9.84 Å². The van der Waals surface area contributed by atoms with Crippen molar-refractivity contribution in [2.75, 3.05) is 7.11 Å². The number of benzene rings is 2. The van der Waals surface area contributed by atoms with Crippen molar-refractivity contribution in [2.24, 2.45) is 0 Å². The second-order valence-corrected chi connectivity index (χ2v) is 7.82. The van der Waals surface area contributed by atoms with E-state index in [2.05, 4.69) is 26.0 Å². The summed E-state index contributed by atoms with van der Waals surface area (Å²) in [4.78, 5) is 3.95. The van der Waals surface area contributed by atoms with E-state index in [0.717, 1.165) is 10.2 Å². The quantitative estimate of drug-likeness (QED) is 0.649. The summed E-state index contributed by atoms with van der Waals surface area (Å²) in [5, 5.41) is 3.88. The zero-order valence-electron chi connectivity index (χ0n) is 12.8. The predicted octanol–water partition coefficient (Wildman–Crippen LogP) is 3.01. The number of rotatable bonds is 5. The van der Waals surface area contributed by atoms with Crippen LogP contribution in [0.4, 0.5) is 0 Å². The molecular formula is C16H14BrN3O3S. The Morgan fingerprint density at radius 1 is 1.17 bits per heavy atom. The topological polar surface area (TPSA) is 74.1 Å². The summed E-state index contributed by atoms with van der Waals surface area (Å²) in [6.07, 6.45) is 1.39. The molecule has 0 N–H and O–H groups in total. The van der Waals surface area contributed by atoms with Crippen molar-refractivity contribution >= 4 is 25.8 Å².